The Kier molecular flexibility index (Phi) is 2.99. The van der Waals surface area contributed by atoms with Crippen LogP contribution in [0.3, 0.4) is 0 Å². The van der Waals surface area contributed by atoms with E-state index in [0.29, 0.717) is 0 Å². The van der Waals surface area contributed by atoms with E-state index in [4.69, 9.17) is 4.89 Å². The van der Waals surface area contributed by atoms with Crippen molar-refractivity contribution in [1.82, 2.24) is 0 Å². The first-order chi connectivity index (χ1) is 6.31. The minimum absolute atomic E-state index is 0.391. The fraction of sp³-hybridized carbons (Fsp3) is 0.143. The molecule has 1 N–H and O–H groups in total. The van der Waals surface area contributed by atoms with Gasteiger partial charge in [-0.1, -0.05) is 18.2 Å². The van der Waals surface area contributed by atoms with Crippen LogP contribution in [0, 0.1) is 0 Å². The maximum Gasteiger partial charge on any atom is 0.529 e. The Morgan fingerprint density at radius 1 is 1.21 bits per heavy atom. The van der Waals surface area contributed by atoms with Gasteiger partial charge in [0.2, 0.25) is 0 Å². The summed E-state index contributed by atoms with van der Waals surface area (Å²) in [6.45, 7) is 0. The van der Waals surface area contributed by atoms with Gasteiger partial charge in [-0.25, -0.2) is 4.52 Å². The van der Waals surface area contributed by atoms with Crippen LogP contribution in [0.2, 0.25) is 0 Å². The monoisotopic (exact) mass is 226 g/mol. The zero-order chi connectivity index (χ0) is 10.8. The summed E-state index contributed by atoms with van der Waals surface area (Å²) in [5.41, 5.74) is 0. The lowest BCUT2D eigenvalue weighted by Gasteiger charge is -2.13. The molecule has 0 aliphatic carbocycles. The third-order valence-electron chi connectivity index (χ3n) is 1.31. The van der Waals surface area contributed by atoms with Crippen molar-refractivity contribution in [3.8, 4) is 0 Å². The van der Waals surface area contributed by atoms with Crippen molar-refractivity contribution in [2.45, 2.75) is 6.36 Å². The van der Waals surface area contributed by atoms with E-state index in [1.807, 2.05) is 0 Å². The van der Waals surface area contributed by atoms with Crippen LogP contribution >= 0.6 is 7.60 Å². The number of halogens is 3. The van der Waals surface area contributed by atoms with Crippen molar-refractivity contribution in [2.75, 3.05) is 0 Å². The first-order valence-corrected chi connectivity index (χ1v) is 5.05. The SMILES string of the molecule is O=P(O)(OC(F)(F)F)c1ccccc1. The highest BCUT2D eigenvalue weighted by Gasteiger charge is 2.40. The smallest absolute Gasteiger partial charge is 0.321 e. The number of hydrogen-bond donors (Lipinski definition) is 1. The first kappa shape index (κ1) is 11.2. The average Bonchev–Trinajstić information content (AvgIpc) is 2.01. The van der Waals surface area contributed by atoms with Crippen LogP contribution in [0.1, 0.15) is 0 Å². The van der Waals surface area contributed by atoms with Crippen molar-refractivity contribution >= 4 is 12.9 Å². The molecule has 0 bridgehead atoms. The molecule has 1 aromatic carbocycles. The molecule has 0 saturated carbocycles. The molecule has 7 heteroatoms. The molecule has 3 nitrogen and oxygen atoms in total. The van der Waals surface area contributed by atoms with Crippen LogP contribution in [0.5, 0.6) is 0 Å². The van der Waals surface area contributed by atoms with Gasteiger partial charge in [-0.15, -0.1) is 13.2 Å². The third-order valence-corrected chi connectivity index (χ3v) is 2.71. The molecule has 14 heavy (non-hydrogen) atoms. The Labute approximate surface area is 77.7 Å². The van der Waals surface area contributed by atoms with Gasteiger partial charge in [-0.2, -0.15) is 0 Å². The van der Waals surface area contributed by atoms with Crippen molar-refractivity contribution in [3.05, 3.63) is 30.3 Å². The number of hydrogen-bond acceptors (Lipinski definition) is 2. The molecule has 1 unspecified atom stereocenters. The van der Waals surface area contributed by atoms with Crippen molar-refractivity contribution in [2.24, 2.45) is 0 Å². The van der Waals surface area contributed by atoms with Gasteiger partial charge >= 0.3 is 14.0 Å². The van der Waals surface area contributed by atoms with Gasteiger partial charge < -0.3 is 4.89 Å². The van der Waals surface area contributed by atoms with Gasteiger partial charge in [0.25, 0.3) is 0 Å². The number of rotatable bonds is 2. The predicted octanol–water partition coefficient (Wildman–Crippen LogP) is 2.03. The Morgan fingerprint density at radius 2 is 1.71 bits per heavy atom. The quantitative estimate of drug-likeness (QED) is 0.785. The minimum Gasteiger partial charge on any atom is -0.321 e. The zero-order valence-electron chi connectivity index (χ0n) is 6.73. The standard InChI is InChI=1S/C7H6F3O3P/c8-7(9,10)13-14(11,12)6-4-2-1-3-5-6/h1-5H,(H,11,12). The molecule has 0 amide bonds. The lowest BCUT2D eigenvalue weighted by molar-refractivity contribution is -0.276. The Bertz CT molecular complexity index is 349. The van der Waals surface area contributed by atoms with Crippen molar-refractivity contribution in [3.63, 3.8) is 0 Å². The minimum atomic E-state index is -5.12. The average molecular weight is 226 g/mol. The molecule has 78 valence electrons. The Morgan fingerprint density at radius 3 is 2.14 bits per heavy atom. The summed E-state index contributed by atoms with van der Waals surface area (Å²) in [5.74, 6) is 0. The Hall–Kier alpha value is -0.840. The van der Waals surface area contributed by atoms with Crippen LogP contribution in [-0.4, -0.2) is 11.3 Å². The number of alkyl halides is 3. The summed E-state index contributed by atoms with van der Waals surface area (Å²) in [4.78, 5) is 8.93. The fourth-order valence-corrected chi connectivity index (χ4v) is 1.74. The molecule has 1 atom stereocenters. The summed E-state index contributed by atoms with van der Waals surface area (Å²) in [7, 11) is -4.79. The first-order valence-electron chi connectivity index (χ1n) is 3.47. The molecule has 1 aromatic rings. The van der Waals surface area contributed by atoms with E-state index in [1.165, 1.54) is 18.2 Å². The third kappa shape index (κ3) is 3.14. The summed E-state index contributed by atoms with van der Waals surface area (Å²) in [6.07, 6.45) is -5.12. The molecule has 0 heterocycles. The summed E-state index contributed by atoms with van der Waals surface area (Å²) in [5, 5.41) is -0.391. The van der Waals surface area contributed by atoms with E-state index >= 15 is 0 Å². The highest BCUT2D eigenvalue weighted by Crippen LogP contribution is 2.46. The largest absolute Gasteiger partial charge is 0.529 e. The molecular formula is C7H6F3O3P. The molecular weight excluding hydrogens is 220 g/mol. The van der Waals surface area contributed by atoms with E-state index in [0.717, 1.165) is 12.1 Å². The number of benzene rings is 1. The van der Waals surface area contributed by atoms with E-state index in [-0.39, 0.29) is 0 Å². The van der Waals surface area contributed by atoms with Gasteiger partial charge in [0.05, 0.1) is 5.30 Å². The van der Waals surface area contributed by atoms with Gasteiger partial charge in [0.15, 0.2) is 0 Å². The van der Waals surface area contributed by atoms with Gasteiger partial charge in [-0.05, 0) is 12.1 Å². The molecule has 0 saturated heterocycles. The molecule has 0 radical (unpaired) electrons. The highest BCUT2D eigenvalue weighted by atomic mass is 31.2. The van der Waals surface area contributed by atoms with Gasteiger partial charge in [0.1, 0.15) is 0 Å². The lowest BCUT2D eigenvalue weighted by atomic mass is 10.4. The van der Waals surface area contributed by atoms with Crippen LogP contribution < -0.4 is 5.30 Å². The maximum atomic E-state index is 11.7. The van der Waals surface area contributed by atoms with Gasteiger partial charge in [0, 0.05) is 0 Å². The van der Waals surface area contributed by atoms with Crippen LogP contribution in [0.4, 0.5) is 13.2 Å². The highest BCUT2D eigenvalue weighted by molar-refractivity contribution is 7.61. The van der Waals surface area contributed by atoms with E-state index in [2.05, 4.69) is 4.52 Å². The lowest BCUT2D eigenvalue weighted by Crippen LogP contribution is -2.16. The topological polar surface area (TPSA) is 46.5 Å². The molecule has 0 aromatic heterocycles. The van der Waals surface area contributed by atoms with Crippen LogP contribution in [-0.2, 0) is 9.09 Å². The molecule has 1 rings (SSSR count). The second kappa shape index (κ2) is 3.73. The van der Waals surface area contributed by atoms with Gasteiger partial charge in [-0.3, -0.25) is 4.57 Å². The van der Waals surface area contributed by atoms with Crippen molar-refractivity contribution < 1.29 is 27.2 Å². The second-order valence-corrected chi connectivity index (χ2v) is 4.13. The molecule has 0 aliphatic heterocycles. The van der Waals surface area contributed by atoms with Crippen LogP contribution in [0.25, 0.3) is 0 Å². The molecule has 0 spiro atoms. The van der Waals surface area contributed by atoms with Crippen molar-refractivity contribution in [1.29, 1.82) is 0 Å². The molecule has 0 aliphatic rings. The predicted molar refractivity (Wildman–Crippen MR) is 43.0 cm³/mol. The summed E-state index contributed by atoms with van der Waals surface area (Å²) in [6, 6.07) is 6.38. The fourth-order valence-electron chi connectivity index (χ4n) is 0.809. The van der Waals surface area contributed by atoms with E-state index in [1.54, 1.807) is 0 Å². The summed E-state index contributed by atoms with van der Waals surface area (Å²) >= 11 is 0. The van der Waals surface area contributed by atoms with E-state index in [9.17, 15) is 17.7 Å². The summed E-state index contributed by atoms with van der Waals surface area (Å²) < 4.78 is 49.2. The maximum absolute atomic E-state index is 11.7. The molecule has 0 fully saturated rings. The zero-order valence-corrected chi connectivity index (χ0v) is 7.63. The normalized spacial score (nSPS) is 16.3. The van der Waals surface area contributed by atoms with Crippen LogP contribution in [0.15, 0.2) is 30.3 Å². The second-order valence-electron chi connectivity index (χ2n) is 2.39. The Balaban J connectivity index is 2.93. The van der Waals surface area contributed by atoms with E-state index < -0.39 is 19.3 Å².